The van der Waals surface area contributed by atoms with Crippen LogP contribution < -0.4 is 15.4 Å². The third-order valence-corrected chi connectivity index (χ3v) is 5.91. The standard InChI is InChI=1S/C22H23F2N7O4/c23-18(24)20-26-14-3-1-2-4-15(14)31(20)16-11-17(28-22(27-16)29-7-9-34-10-8-29)35-13-5-6-30(12-13)21(33)19(25)32/h1-4,11,13,18H,5-10,12H2,(H2,25,32)/t13-/m0/s1. The molecule has 2 aliphatic rings. The van der Waals surface area contributed by atoms with E-state index in [1.54, 1.807) is 24.3 Å². The summed E-state index contributed by atoms with van der Waals surface area (Å²) in [6.45, 7) is 2.48. The number of fused-ring (bicyclic) bond motifs is 1. The van der Waals surface area contributed by atoms with Crippen molar-refractivity contribution < 1.29 is 27.8 Å². The predicted molar refractivity (Wildman–Crippen MR) is 119 cm³/mol. The number of nitrogens with zero attached hydrogens (tertiary/aromatic N) is 6. The molecule has 13 heteroatoms. The number of carbonyl (C=O) groups excluding carboxylic acids is 2. The molecule has 2 N–H and O–H groups in total. The van der Waals surface area contributed by atoms with E-state index in [4.69, 9.17) is 15.2 Å². The fourth-order valence-electron chi connectivity index (χ4n) is 4.25. The third kappa shape index (κ3) is 4.58. The highest BCUT2D eigenvalue weighted by Gasteiger charge is 2.31. The van der Waals surface area contributed by atoms with Gasteiger partial charge in [-0.3, -0.25) is 14.2 Å². The topological polar surface area (TPSA) is 129 Å². The highest BCUT2D eigenvalue weighted by atomic mass is 19.3. The molecule has 3 aromatic rings. The lowest BCUT2D eigenvalue weighted by Crippen LogP contribution is -2.39. The molecule has 0 spiro atoms. The summed E-state index contributed by atoms with van der Waals surface area (Å²) in [5, 5.41) is 0. The van der Waals surface area contributed by atoms with Crippen LogP contribution in [0.2, 0.25) is 0 Å². The minimum Gasteiger partial charge on any atom is -0.472 e. The summed E-state index contributed by atoms with van der Waals surface area (Å²) in [4.78, 5) is 39.5. The summed E-state index contributed by atoms with van der Waals surface area (Å²) in [6.07, 6.45) is -2.83. The molecule has 0 unspecified atom stereocenters. The molecule has 11 nitrogen and oxygen atoms in total. The second kappa shape index (κ2) is 9.41. The molecule has 2 aromatic heterocycles. The van der Waals surface area contributed by atoms with E-state index in [-0.39, 0.29) is 18.2 Å². The van der Waals surface area contributed by atoms with Gasteiger partial charge in [-0.15, -0.1) is 0 Å². The van der Waals surface area contributed by atoms with Gasteiger partial charge in [0, 0.05) is 32.1 Å². The van der Waals surface area contributed by atoms with E-state index in [2.05, 4.69) is 15.0 Å². The Morgan fingerprint density at radius 3 is 2.63 bits per heavy atom. The molecule has 0 bridgehead atoms. The summed E-state index contributed by atoms with van der Waals surface area (Å²) in [5.41, 5.74) is 5.98. The summed E-state index contributed by atoms with van der Waals surface area (Å²) in [6, 6.07) is 8.28. The largest absolute Gasteiger partial charge is 0.472 e. The molecule has 1 atom stereocenters. The smallest absolute Gasteiger partial charge is 0.311 e. The summed E-state index contributed by atoms with van der Waals surface area (Å²) in [7, 11) is 0. The Morgan fingerprint density at radius 2 is 1.89 bits per heavy atom. The maximum absolute atomic E-state index is 14.0. The van der Waals surface area contributed by atoms with Crippen molar-refractivity contribution in [1.82, 2.24) is 24.4 Å². The number of aromatic nitrogens is 4. The van der Waals surface area contributed by atoms with Crippen molar-refractivity contribution in [1.29, 1.82) is 0 Å². The number of ether oxygens (including phenoxy) is 2. The van der Waals surface area contributed by atoms with Crippen LogP contribution in [0.1, 0.15) is 18.7 Å². The number of benzene rings is 1. The molecular weight excluding hydrogens is 464 g/mol. The number of imidazole rings is 1. The summed E-state index contributed by atoms with van der Waals surface area (Å²) < 4.78 is 40.7. The van der Waals surface area contributed by atoms with Crippen LogP contribution in [0, 0.1) is 0 Å². The van der Waals surface area contributed by atoms with E-state index < -0.39 is 30.2 Å². The van der Waals surface area contributed by atoms with Crippen molar-refractivity contribution >= 4 is 28.8 Å². The van der Waals surface area contributed by atoms with Gasteiger partial charge in [-0.25, -0.2) is 13.8 Å². The van der Waals surface area contributed by atoms with E-state index in [9.17, 15) is 18.4 Å². The van der Waals surface area contributed by atoms with Gasteiger partial charge in [-0.1, -0.05) is 12.1 Å². The summed E-state index contributed by atoms with van der Waals surface area (Å²) >= 11 is 0. The van der Waals surface area contributed by atoms with E-state index in [1.807, 2.05) is 4.90 Å². The van der Waals surface area contributed by atoms with E-state index in [0.29, 0.717) is 56.3 Å². The predicted octanol–water partition coefficient (Wildman–Crippen LogP) is 1.05. The zero-order valence-electron chi connectivity index (χ0n) is 18.6. The van der Waals surface area contributed by atoms with Crippen molar-refractivity contribution in [2.45, 2.75) is 19.0 Å². The number of carbonyl (C=O) groups is 2. The lowest BCUT2D eigenvalue weighted by molar-refractivity contribution is -0.143. The first-order chi connectivity index (χ1) is 16.9. The number of halogens is 2. The minimum atomic E-state index is -2.84. The fourth-order valence-corrected chi connectivity index (χ4v) is 4.25. The van der Waals surface area contributed by atoms with Crippen molar-refractivity contribution in [2.75, 3.05) is 44.3 Å². The van der Waals surface area contributed by atoms with Gasteiger partial charge in [-0.2, -0.15) is 9.97 Å². The molecule has 0 radical (unpaired) electrons. The van der Waals surface area contributed by atoms with Gasteiger partial charge in [0.15, 0.2) is 5.82 Å². The number of alkyl halides is 2. The lowest BCUT2D eigenvalue weighted by atomic mass is 10.3. The monoisotopic (exact) mass is 487 g/mol. The van der Waals surface area contributed by atoms with Crippen LogP contribution in [-0.2, 0) is 14.3 Å². The van der Waals surface area contributed by atoms with Gasteiger partial charge in [-0.05, 0) is 12.1 Å². The van der Waals surface area contributed by atoms with Crippen LogP contribution >= 0.6 is 0 Å². The van der Waals surface area contributed by atoms with Crippen molar-refractivity contribution in [3.05, 3.63) is 36.2 Å². The molecule has 1 aromatic carbocycles. The van der Waals surface area contributed by atoms with Crippen LogP contribution in [0.25, 0.3) is 16.9 Å². The van der Waals surface area contributed by atoms with Gasteiger partial charge in [0.05, 0.1) is 30.8 Å². The molecule has 2 amide bonds. The lowest BCUT2D eigenvalue weighted by Gasteiger charge is -2.27. The van der Waals surface area contributed by atoms with Crippen LogP contribution in [0.3, 0.4) is 0 Å². The average molecular weight is 487 g/mol. The first-order valence-corrected chi connectivity index (χ1v) is 11.1. The third-order valence-electron chi connectivity index (χ3n) is 5.91. The first kappa shape index (κ1) is 22.9. The second-order valence-corrected chi connectivity index (χ2v) is 8.20. The van der Waals surface area contributed by atoms with E-state index in [1.165, 1.54) is 15.5 Å². The Balaban J connectivity index is 1.53. The van der Waals surface area contributed by atoms with Gasteiger partial charge in [0.25, 0.3) is 6.43 Å². The van der Waals surface area contributed by atoms with Gasteiger partial charge < -0.3 is 25.0 Å². The normalized spacial score (nSPS) is 18.4. The second-order valence-electron chi connectivity index (χ2n) is 8.20. The molecule has 0 saturated carbocycles. The number of nitrogens with two attached hydrogens (primary N) is 1. The Kier molecular flexibility index (Phi) is 6.16. The molecule has 2 fully saturated rings. The number of anilines is 1. The number of hydrogen-bond donors (Lipinski definition) is 1. The molecule has 5 rings (SSSR count). The molecule has 4 heterocycles. The number of likely N-dealkylation sites (tertiary alicyclic amines) is 1. The highest BCUT2D eigenvalue weighted by molar-refractivity contribution is 6.34. The molecule has 2 saturated heterocycles. The van der Waals surface area contributed by atoms with Crippen LogP contribution in [0.5, 0.6) is 5.88 Å². The SMILES string of the molecule is NC(=O)C(=O)N1CC[C@H](Oc2cc(-n3c(C(F)F)nc4ccccc43)nc(N3CCOCC3)n2)C1. The molecule has 184 valence electrons. The maximum Gasteiger partial charge on any atom is 0.311 e. The van der Waals surface area contributed by atoms with Crippen molar-refractivity contribution in [2.24, 2.45) is 5.73 Å². The van der Waals surface area contributed by atoms with Gasteiger partial charge >= 0.3 is 11.8 Å². The first-order valence-electron chi connectivity index (χ1n) is 11.1. The highest BCUT2D eigenvalue weighted by Crippen LogP contribution is 2.30. The molecular formula is C22H23F2N7O4. The maximum atomic E-state index is 14.0. The van der Waals surface area contributed by atoms with Crippen LogP contribution in [0.4, 0.5) is 14.7 Å². The summed E-state index contributed by atoms with van der Waals surface area (Å²) in [5.74, 6) is -1.60. The zero-order chi connectivity index (χ0) is 24.5. The van der Waals surface area contributed by atoms with Crippen molar-refractivity contribution in [3.8, 4) is 11.7 Å². The Bertz CT molecular complexity index is 1260. The molecule has 2 aliphatic heterocycles. The Morgan fingerprint density at radius 1 is 1.11 bits per heavy atom. The Labute approximate surface area is 198 Å². The molecule has 35 heavy (non-hydrogen) atoms. The number of morpholine rings is 1. The number of amides is 2. The van der Waals surface area contributed by atoms with Gasteiger partial charge in [0.1, 0.15) is 11.9 Å². The van der Waals surface area contributed by atoms with E-state index >= 15 is 0 Å². The van der Waals surface area contributed by atoms with Crippen LogP contribution in [-0.4, -0.2) is 81.7 Å². The Hall–Kier alpha value is -3.87. The number of rotatable bonds is 5. The number of primary amides is 1. The van der Waals surface area contributed by atoms with Crippen molar-refractivity contribution in [3.63, 3.8) is 0 Å². The minimum absolute atomic E-state index is 0.157. The quantitative estimate of drug-likeness (QED) is 0.529. The molecule has 0 aliphatic carbocycles. The number of para-hydroxylation sites is 2. The fraction of sp³-hybridized carbons (Fsp3) is 0.409. The van der Waals surface area contributed by atoms with E-state index in [0.717, 1.165) is 0 Å². The zero-order valence-corrected chi connectivity index (χ0v) is 18.6. The van der Waals surface area contributed by atoms with Crippen LogP contribution in [0.15, 0.2) is 30.3 Å². The van der Waals surface area contributed by atoms with Gasteiger partial charge in [0.2, 0.25) is 11.8 Å². The number of hydrogen-bond acceptors (Lipinski definition) is 8. The average Bonchev–Trinajstić information content (AvgIpc) is 3.49.